The van der Waals surface area contributed by atoms with Crippen molar-refractivity contribution in [1.82, 2.24) is 5.32 Å². The van der Waals surface area contributed by atoms with Crippen molar-refractivity contribution in [3.63, 3.8) is 0 Å². The van der Waals surface area contributed by atoms with Crippen LogP contribution in [0.25, 0.3) is 0 Å². The summed E-state index contributed by atoms with van der Waals surface area (Å²) in [6, 6.07) is 17.7. The molecule has 0 bridgehead atoms. The fraction of sp³-hybridized carbons (Fsp3) is 0.222. The molecule has 2 aromatic rings. The number of amides is 2. The highest BCUT2D eigenvalue weighted by atomic mass is 32.2. The summed E-state index contributed by atoms with van der Waals surface area (Å²) in [7, 11) is 0. The van der Waals surface area contributed by atoms with Crippen LogP contribution in [0, 0.1) is 0 Å². The van der Waals surface area contributed by atoms with Gasteiger partial charge in [0.25, 0.3) is 0 Å². The Bertz CT molecular complexity index is 703. The van der Waals surface area contributed by atoms with Gasteiger partial charge in [-0.15, -0.1) is 11.8 Å². The number of para-hydroxylation sites is 1. The molecular formula is C18H18N2O2S. The van der Waals surface area contributed by atoms with Crippen molar-refractivity contribution in [2.24, 2.45) is 0 Å². The molecule has 1 heterocycles. The Morgan fingerprint density at radius 3 is 2.65 bits per heavy atom. The zero-order valence-corrected chi connectivity index (χ0v) is 13.4. The minimum absolute atomic E-state index is 0.0898. The largest absolute Gasteiger partial charge is 0.356 e. The number of carbonyl (C=O) groups is 2. The molecule has 1 atom stereocenters. The average molecular weight is 326 g/mol. The van der Waals surface area contributed by atoms with Crippen LogP contribution in [0.1, 0.15) is 12.0 Å². The molecule has 2 N–H and O–H groups in total. The summed E-state index contributed by atoms with van der Waals surface area (Å²) in [5.41, 5.74) is 2.01. The molecule has 0 spiro atoms. The second-order valence-electron chi connectivity index (χ2n) is 5.38. The van der Waals surface area contributed by atoms with Crippen molar-refractivity contribution in [2.45, 2.75) is 23.0 Å². The molecule has 23 heavy (non-hydrogen) atoms. The molecule has 0 fully saturated rings. The van der Waals surface area contributed by atoms with Gasteiger partial charge in [0.05, 0.1) is 10.9 Å². The minimum atomic E-state index is -0.373. The maximum absolute atomic E-state index is 12.1. The van der Waals surface area contributed by atoms with Crippen molar-refractivity contribution < 1.29 is 9.59 Å². The Hall–Kier alpha value is -2.27. The molecule has 1 aliphatic rings. The maximum Gasteiger partial charge on any atom is 0.238 e. The fourth-order valence-electron chi connectivity index (χ4n) is 2.46. The first-order valence-electron chi connectivity index (χ1n) is 7.59. The van der Waals surface area contributed by atoms with E-state index in [-0.39, 0.29) is 23.5 Å². The molecule has 0 aromatic heterocycles. The Kier molecular flexibility index (Phi) is 4.98. The number of thioether (sulfide) groups is 1. The van der Waals surface area contributed by atoms with E-state index in [0.717, 1.165) is 17.0 Å². The molecule has 1 unspecified atom stereocenters. The summed E-state index contributed by atoms with van der Waals surface area (Å²) >= 11 is 1.45. The van der Waals surface area contributed by atoms with Gasteiger partial charge in [-0.25, -0.2) is 0 Å². The molecule has 2 aromatic carbocycles. The third kappa shape index (κ3) is 4.13. The molecule has 1 aliphatic heterocycles. The number of hydrogen-bond acceptors (Lipinski definition) is 3. The molecule has 3 rings (SSSR count). The maximum atomic E-state index is 12.1. The van der Waals surface area contributed by atoms with Gasteiger partial charge in [0.2, 0.25) is 11.8 Å². The number of benzene rings is 2. The van der Waals surface area contributed by atoms with Crippen LogP contribution in [0.15, 0.2) is 59.5 Å². The highest BCUT2D eigenvalue weighted by Gasteiger charge is 2.28. The Morgan fingerprint density at radius 2 is 1.83 bits per heavy atom. The zero-order chi connectivity index (χ0) is 16.1. The quantitative estimate of drug-likeness (QED) is 0.888. The molecule has 2 amide bonds. The number of fused-ring (bicyclic) bond motifs is 1. The number of rotatable bonds is 5. The van der Waals surface area contributed by atoms with E-state index in [1.54, 1.807) is 0 Å². The van der Waals surface area contributed by atoms with Crippen LogP contribution in [-0.2, 0) is 16.0 Å². The second kappa shape index (κ2) is 7.33. The van der Waals surface area contributed by atoms with Gasteiger partial charge in [-0.05, 0) is 24.1 Å². The number of hydrogen-bond donors (Lipinski definition) is 2. The Labute approximate surface area is 139 Å². The summed E-state index contributed by atoms with van der Waals surface area (Å²) in [4.78, 5) is 25.1. The Balaban J connectivity index is 1.49. The molecule has 0 saturated carbocycles. The molecular weight excluding hydrogens is 308 g/mol. The first kappa shape index (κ1) is 15.6. The van der Waals surface area contributed by atoms with E-state index in [4.69, 9.17) is 0 Å². The van der Waals surface area contributed by atoms with E-state index in [1.807, 2.05) is 54.6 Å². The lowest BCUT2D eigenvalue weighted by Gasteiger charge is -2.23. The highest BCUT2D eigenvalue weighted by molar-refractivity contribution is 8.01. The van der Waals surface area contributed by atoms with E-state index < -0.39 is 0 Å². The van der Waals surface area contributed by atoms with E-state index in [9.17, 15) is 9.59 Å². The second-order valence-corrected chi connectivity index (χ2v) is 6.63. The van der Waals surface area contributed by atoms with Gasteiger partial charge >= 0.3 is 0 Å². The highest BCUT2D eigenvalue weighted by Crippen LogP contribution is 2.36. The molecule has 0 aliphatic carbocycles. The van der Waals surface area contributed by atoms with Gasteiger partial charge in [0, 0.05) is 17.9 Å². The average Bonchev–Trinajstić information content (AvgIpc) is 2.56. The number of carbonyl (C=O) groups excluding carboxylic acids is 2. The SMILES string of the molecule is O=C(CC1Sc2ccccc2NC1=O)NCCc1ccccc1. The van der Waals surface area contributed by atoms with Crippen LogP contribution in [0.5, 0.6) is 0 Å². The Morgan fingerprint density at radius 1 is 1.09 bits per heavy atom. The topological polar surface area (TPSA) is 58.2 Å². The summed E-state index contributed by atoms with van der Waals surface area (Å²) in [6.07, 6.45) is 0.985. The number of nitrogens with one attached hydrogen (secondary N) is 2. The molecule has 118 valence electrons. The summed E-state index contributed by atoms with van der Waals surface area (Å²) < 4.78 is 0. The number of anilines is 1. The lowest BCUT2D eigenvalue weighted by atomic mass is 10.1. The molecule has 4 nitrogen and oxygen atoms in total. The fourth-order valence-corrected chi connectivity index (χ4v) is 3.57. The van der Waals surface area contributed by atoms with Crippen molar-refractivity contribution in [3.8, 4) is 0 Å². The first-order chi connectivity index (χ1) is 11.2. The van der Waals surface area contributed by atoms with Crippen LogP contribution in [-0.4, -0.2) is 23.6 Å². The van der Waals surface area contributed by atoms with E-state index in [1.165, 1.54) is 17.3 Å². The molecule has 0 saturated heterocycles. The van der Waals surface area contributed by atoms with Gasteiger partial charge in [0.1, 0.15) is 0 Å². The lowest BCUT2D eigenvalue weighted by molar-refractivity contribution is -0.124. The van der Waals surface area contributed by atoms with Crippen molar-refractivity contribution in [1.29, 1.82) is 0 Å². The minimum Gasteiger partial charge on any atom is -0.356 e. The predicted octanol–water partition coefficient (Wildman–Crippen LogP) is 2.85. The normalized spacial score (nSPS) is 16.3. The standard InChI is InChI=1S/C18H18N2O2S/c21-17(19-11-10-13-6-2-1-3-7-13)12-16-18(22)20-14-8-4-5-9-15(14)23-16/h1-9,16H,10-12H2,(H,19,21)(H,20,22). The third-order valence-corrected chi connectivity index (χ3v) is 4.93. The molecule has 5 heteroatoms. The van der Waals surface area contributed by atoms with E-state index in [2.05, 4.69) is 10.6 Å². The van der Waals surface area contributed by atoms with Crippen LogP contribution < -0.4 is 10.6 Å². The van der Waals surface area contributed by atoms with Gasteiger partial charge in [-0.1, -0.05) is 42.5 Å². The first-order valence-corrected chi connectivity index (χ1v) is 8.47. The van der Waals surface area contributed by atoms with Crippen molar-refractivity contribution >= 4 is 29.3 Å². The van der Waals surface area contributed by atoms with Gasteiger partial charge < -0.3 is 10.6 Å². The smallest absolute Gasteiger partial charge is 0.238 e. The summed E-state index contributed by atoms with van der Waals surface area (Å²) in [5.74, 6) is -0.195. The van der Waals surface area contributed by atoms with Crippen LogP contribution in [0.3, 0.4) is 0 Å². The van der Waals surface area contributed by atoms with E-state index in [0.29, 0.717) is 6.54 Å². The summed E-state index contributed by atoms with van der Waals surface area (Å²) in [5, 5.41) is 5.37. The third-order valence-electron chi connectivity index (χ3n) is 3.66. The van der Waals surface area contributed by atoms with Gasteiger partial charge in [-0.3, -0.25) is 9.59 Å². The van der Waals surface area contributed by atoms with Gasteiger partial charge in [-0.2, -0.15) is 0 Å². The van der Waals surface area contributed by atoms with E-state index >= 15 is 0 Å². The van der Waals surface area contributed by atoms with Crippen molar-refractivity contribution in [2.75, 3.05) is 11.9 Å². The van der Waals surface area contributed by atoms with Crippen LogP contribution in [0.4, 0.5) is 5.69 Å². The lowest BCUT2D eigenvalue weighted by Crippen LogP contribution is -2.35. The monoisotopic (exact) mass is 326 g/mol. The zero-order valence-electron chi connectivity index (χ0n) is 12.6. The van der Waals surface area contributed by atoms with Gasteiger partial charge in [0.15, 0.2) is 0 Å². The van der Waals surface area contributed by atoms with Crippen LogP contribution in [0.2, 0.25) is 0 Å². The predicted molar refractivity (Wildman–Crippen MR) is 92.5 cm³/mol. The van der Waals surface area contributed by atoms with Crippen LogP contribution >= 0.6 is 11.8 Å². The molecule has 0 radical (unpaired) electrons. The summed E-state index contributed by atoms with van der Waals surface area (Å²) in [6.45, 7) is 0.582. The van der Waals surface area contributed by atoms with Crippen molar-refractivity contribution in [3.05, 3.63) is 60.2 Å².